The minimum absolute atomic E-state index is 0.207. The third-order valence-electron chi connectivity index (χ3n) is 4.52. The molecule has 1 aliphatic rings. The summed E-state index contributed by atoms with van der Waals surface area (Å²) >= 11 is 0. The van der Waals surface area contributed by atoms with E-state index in [1.165, 1.54) is 7.11 Å². The number of carbonyl (C=O) groups excluding carboxylic acids is 3. The van der Waals surface area contributed by atoms with Gasteiger partial charge in [0.05, 0.1) is 26.8 Å². The van der Waals surface area contributed by atoms with E-state index in [4.69, 9.17) is 9.47 Å². The van der Waals surface area contributed by atoms with E-state index >= 15 is 0 Å². The number of benzene rings is 2. The number of carbonyl (C=O) groups is 3. The van der Waals surface area contributed by atoms with Crippen LogP contribution >= 0.6 is 0 Å². The molecule has 0 bridgehead atoms. The number of nitrogens with zero attached hydrogens (tertiary/aromatic N) is 1. The van der Waals surface area contributed by atoms with Crippen molar-refractivity contribution in [1.29, 1.82) is 0 Å². The van der Waals surface area contributed by atoms with Crippen molar-refractivity contribution in [3.63, 3.8) is 0 Å². The van der Waals surface area contributed by atoms with Gasteiger partial charge in [0.25, 0.3) is 0 Å². The highest BCUT2D eigenvalue weighted by atomic mass is 16.5. The van der Waals surface area contributed by atoms with Gasteiger partial charge in [-0.05, 0) is 17.7 Å². The van der Waals surface area contributed by atoms with Crippen molar-refractivity contribution < 1.29 is 23.9 Å². The quantitative estimate of drug-likeness (QED) is 0.743. The van der Waals surface area contributed by atoms with E-state index in [1.807, 2.05) is 30.3 Å². The number of hydrogen-bond acceptors (Lipinski definition) is 5. The van der Waals surface area contributed by atoms with Crippen molar-refractivity contribution in [2.75, 3.05) is 38.7 Å². The topological polar surface area (TPSA) is 97.0 Å². The Morgan fingerprint density at radius 2 is 1.90 bits per heavy atom. The number of ether oxygens (including phenoxy) is 2. The Balaban J connectivity index is 1.49. The lowest BCUT2D eigenvalue weighted by atomic mass is 10.1. The highest BCUT2D eigenvalue weighted by molar-refractivity contribution is 6.39. The zero-order chi connectivity index (χ0) is 20.6. The molecule has 1 heterocycles. The Kier molecular flexibility index (Phi) is 6.80. The summed E-state index contributed by atoms with van der Waals surface area (Å²) < 4.78 is 10.8. The van der Waals surface area contributed by atoms with E-state index in [2.05, 4.69) is 10.6 Å². The predicted molar refractivity (Wildman–Crippen MR) is 106 cm³/mol. The number of nitrogens with one attached hydrogen (secondary N) is 2. The fourth-order valence-corrected chi connectivity index (χ4v) is 2.98. The Labute approximate surface area is 168 Å². The van der Waals surface area contributed by atoms with Crippen molar-refractivity contribution in [2.24, 2.45) is 0 Å². The van der Waals surface area contributed by atoms with Crippen LogP contribution < -0.4 is 15.4 Å². The van der Waals surface area contributed by atoms with E-state index in [9.17, 15) is 14.4 Å². The maximum absolute atomic E-state index is 12.5. The molecular weight excluding hydrogens is 374 g/mol. The number of methoxy groups -OCH3 is 1. The minimum Gasteiger partial charge on any atom is -0.497 e. The monoisotopic (exact) mass is 397 g/mol. The van der Waals surface area contributed by atoms with Crippen molar-refractivity contribution in [2.45, 2.75) is 6.10 Å². The van der Waals surface area contributed by atoms with Crippen LogP contribution in [-0.2, 0) is 19.1 Å². The van der Waals surface area contributed by atoms with Crippen LogP contribution in [0.3, 0.4) is 0 Å². The molecule has 152 valence electrons. The molecule has 0 aliphatic carbocycles. The second kappa shape index (κ2) is 9.70. The van der Waals surface area contributed by atoms with E-state index in [1.54, 1.807) is 29.2 Å². The first-order chi connectivity index (χ1) is 14.1. The van der Waals surface area contributed by atoms with Gasteiger partial charge >= 0.3 is 11.8 Å². The van der Waals surface area contributed by atoms with Crippen molar-refractivity contribution in [3.8, 4) is 5.75 Å². The lowest BCUT2D eigenvalue weighted by Crippen LogP contribution is -2.48. The number of amides is 3. The van der Waals surface area contributed by atoms with Gasteiger partial charge in [0.1, 0.15) is 11.9 Å². The summed E-state index contributed by atoms with van der Waals surface area (Å²) in [6.45, 7) is 0.990. The second-order valence-electron chi connectivity index (χ2n) is 6.48. The molecule has 0 aromatic heterocycles. The first-order valence-corrected chi connectivity index (χ1v) is 9.24. The van der Waals surface area contributed by atoms with E-state index in [0.29, 0.717) is 31.1 Å². The Morgan fingerprint density at radius 3 is 2.66 bits per heavy atom. The molecule has 2 aromatic carbocycles. The third kappa shape index (κ3) is 5.55. The summed E-state index contributed by atoms with van der Waals surface area (Å²) in [5, 5.41) is 4.84. The molecule has 3 amide bonds. The zero-order valence-electron chi connectivity index (χ0n) is 16.1. The van der Waals surface area contributed by atoms with Crippen LogP contribution in [0.5, 0.6) is 5.75 Å². The molecule has 8 heteroatoms. The van der Waals surface area contributed by atoms with Gasteiger partial charge in [-0.1, -0.05) is 36.4 Å². The van der Waals surface area contributed by atoms with Crippen molar-refractivity contribution >= 4 is 23.4 Å². The van der Waals surface area contributed by atoms with E-state index in [0.717, 1.165) is 5.56 Å². The van der Waals surface area contributed by atoms with Crippen LogP contribution in [0.2, 0.25) is 0 Å². The van der Waals surface area contributed by atoms with Crippen LogP contribution in [0.15, 0.2) is 54.6 Å². The highest BCUT2D eigenvalue weighted by Gasteiger charge is 2.26. The molecule has 2 aromatic rings. The van der Waals surface area contributed by atoms with Gasteiger partial charge in [0.2, 0.25) is 5.91 Å². The fourth-order valence-electron chi connectivity index (χ4n) is 2.98. The van der Waals surface area contributed by atoms with Crippen LogP contribution in [0.25, 0.3) is 0 Å². The Hall–Kier alpha value is -3.39. The smallest absolute Gasteiger partial charge is 0.313 e. The Morgan fingerprint density at radius 1 is 1.10 bits per heavy atom. The number of hydrogen-bond donors (Lipinski definition) is 2. The SMILES string of the molecule is COc1cccc(NC(=O)C(=O)NCC(=O)N2CCOC(c3ccccc3)C2)c1. The van der Waals surface area contributed by atoms with Crippen LogP contribution in [-0.4, -0.2) is 56.0 Å². The normalized spacial score (nSPS) is 16.0. The average Bonchev–Trinajstić information content (AvgIpc) is 2.78. The summed E-state index contributed by atoms with van der Waals surface area (Å²) in [4.78, 5) is 38.1. The molecule has 3 rings (SSSR count). The number of rotatable bonds is 5. The molecule has 1 atom stereocenters. The molecule has 8 nitrogen and oxygen atoms in total. The molecule has 29 heavy (non-hydrogen) atoms. The van der Waals surface area contributed by atoms with Crippen LogP contribution in [0.4, 0.5) is 5.69 Å². The van der Waals surface area contributed by atoms with Gasteiger partial charge in [-0.25, -0.2) is 0 Å². The molecule has 0 spiro atoms. The maximum atomic E-state index is 12.5. The van der Waals surface area contributed by atoms with Crippen LogP contribution in [0.1, 0.15) is 11.7 Å². The van der Waals surface area contributed by atoms with Gasteiger partial charge in [-0.3, -0.25) is 14.4 Å². The molecule has 0 radical (unpaired) electrons. The van der Waals surface area contributed by atoms with Gasteiger partial charge in [0, 0.05) is 18.3 Å². The van der Waals surface area contributed by atoms with Crippen molar-refractivity contribution in [3.05, 3.63) is 60.2 Å². The van der Waals surface area contributed by atoms with Gasteiger partial charge in [-0.2, -0.15) is 0 Å². The summed E-state index contributed by atoms with van der Waals surface area (Å²) in [5.74, 6) is -1.44. The van der Waals surface area contributed by atoms with Gasteiger partial charge in [0.15, 0.2) is 0 Å². The minimum atomic E-state index is -0.881. The summed E-state index contributed by atoms with van der Waals surface area (Å²) in [6, 6.07) is 16.3. The molecule has 1 aliphatic heterocycles. The zero-order valence-corrected chi connectivity index (χ0v) is 16.1. The first-order valence-electron chi connectivity index (χ1n) is 9.24. The van der Waals surface area contributed by atoms with Crippen molar-refractivity contribution in [1.82, 2.24) is 10.2 Å². The van der Waals surface area contributed by atoms with Crippen LogP contribution in [0, 0.1) is 0 Å². The molecular formula is C21H23N3O5. The van der Waals surface area contributed by atoms with E-state index in [-0.39, 0.29) is 18.6 Å². The van der Waals surface area contributed by atoms with Gasteiger partial charge in [-0.15, -0.1) is 0 Å². The lowest BCUT2D eigenvalue weighted by Gasteiger charge is -2.33. The molecule has 1 unspecified atom stereocenters. The third-order valence-corrected chi connectivity index (χ3v) is 4.52. The standard InChI is InChI=1S/C21H23N3O5/c1-28-17-9-5-8-16(12-17)23-21(27)20(26)22-13-19(25)24-10-11-29-18(14-24)15-6-3-2-4-7-15/h2-9,12,18H,10-11,13-14H2,1H3,(H,22,26)(H,23,27). The summed E-state index contributed by atoms with van der Waals surface area (Å²) in [6.07, 6.45) is -0.207. The van der Waals surface area contributed by atoms with Gasteiger partial charge < -0.3 is 25.0 Å². The average molecular weight is 397 g/mol. The summed E-state index contributed by atoms with van der Waals surface area (Å²) in [5.41, 5.74) is 1.42. The molecule has 1 fully saturated rings. The molecule has 2 N–H and O–H groups in total. The summed E-state index contributed by atoms with van der Waals surface area (Å²) in [7, 11) is 1.51. The Bertz CT molecular complexity index is 872. The highest BCUT2D eigenvalue weighted by Crippen LogP contribution is 2.21. The maximum Gasteiger partial charge on any atom is 0.313 e. The molecule has 1 saturated heterocycles. The fraction of sp³-hybridized carbons (Fsp3) is 0.286. The predicted octanol–water partition coefficient (Wildman–Crippen LogP) is 1.35. The number of morpholine rings is 1. The first kappa shape index (κ1) is 20.3. The largest absolute Gasteiger partial charge is 0.497 e. The van der Waals surface area contributed by atoms with E-state index < -0.39 is 11.8 Å². The second-order valence-corrected chi connectivity index (χ2v) is 6.48. The number of anilines is 1. The molecule has 0 saturated carbocycles. The lowest BCUT2D eigenvalue weighted by molar-refractivity contribution is -0.141.